The molecule has 204 valence electrons. The number of benzene rings is 1. The second kappa shape index (κ2) is 12.1. The van der Waals surface area contributed by atoms with E-state index in [0.29, 0.717) is 51.9 Å². The van der Waals surface area contributed by atoms with Crippen molar-refractivity contribution >= 4 is 17.7 Å². The number of nitrogens with one attached hydrogen (secondary N) is 2. The Kier molecular flexibility index (Phi) is 8.39. The Labute approximate surface area is 224 Å². The fourth-order valence-electron chi connectivity index (χ4n) is 6.25. The van der Waals surface area contributed by atoms with Crippen molar-refractivity contribution in [1.29, 1.82) is 0 Å². The summed E-state index contributed by atoms with van der Waals surface area (Å²) in [5.41, 5.74) is 1.03. The Morgan fingerprint density at radius 2 is 1.71 bits per heavy atom. The van der Waals surface area contributed by atoms with E-state index in [4.69, 9.17) is 0 Å². The van der Waals surface area contributed by atoms with Crippen LogP contribution in [0.25, 0.3) is 0 Å². The molecule has 1 saturated carbocycles. The number of rotatable bonds is 3. The zero-order chi connectivity index (χ0) is 26.4. The first-order valence-electron chi connectivity index (χ1n) is 14.3. The minimum absolute atomic E-state index is 0.110. The third-order valence-electron chi connectivity index (χ3n) is 8.59. The van der Waals surface area contributed by atoms with Gasteiger partial charge in [-0.1, -0.05) is 61.2 Å². The summed E-state index contributed by atoms with van der Waals surface area (Å²) in [6.07, 6.45) is 11.2. The minimum atomic E-state index is -0.746. The van der Waals surface area contributed by atoms with E-state index in [1.165, 1.54) is 12.8 Å². The molecule has 9 nitrogen and oxygen atoms in total. The molecule has 1 aromatic carbocycles. The Bertz CT molecular complexity index is 1100. The first-order valence-corrected chi connectivity index (χ1v) is 14.3. The number of hydrogen-bond donors (Lipinski definition) is 2. The molecule has 2 fully saturated rings. The molecule has 1 aromatic heterocycles. The van der Waals surface area contributed by atoms with Gasteiger partial charge < -0.3 is 15.5 Å². The van der Waals surface area contributed by atoms with Crippen LogP contribution < -0.4 is 10.6 Å². The molecule has 3 heterocycles. The first-order chi connectivity index (χ1) is 18.5. The molecule has 1 saturated heterocycles. The van der Waals surface area contributed by atoms with Gasteiger partial charge in [0.25, 0.3) is 0 Å². The normalized spacial score (nSPS) is 23.4. The Balaban J connectivity index is 1.36. The van der Waals surface area contributed by atoms with Crippen LogP contribution in [0.1, 0.15) is 69.0 Å². The summed E-state index contributed by atoms with van der Waals surface area (Å²) in [6.45, 7) is 2.24. The summed E-state index contributed by atoms with van der Waals surface area (Å²) in [6, 6.07) is 9.12. The van der Waals surface area contributed by atoms with Gasteiger partial charge >= 0.3 is 0 Å². The molecule has 2 aliphatic heterocycles. The standard InChI is InChI=1S/C29H40N6O3/c36-26-25(19-22-9-4-3-5-10-22)31-28(38)29(20-24-21-35(33-32-24)16-8-15-30-26)13-17-34(18-14-29)27(37)23-11-6-1-2-7-12-23/h3-5,9-10,21,23,25H,1-2,6-8,11-20H2,(H,30,36)(H,31,38)/t25-/m0/s1. The van der Waals surface area contributed by atoms with Gasteiger partial charge in [-0.25, -0.2) is 0 Å². The van der Waals surface area contributed by atoms with Crippen molar-refractivity contribution < 1.29 is 14.4 Å². The van der Waals surface area contributed by atoms with Crippen molar-refractivity contribution in [2.24, 2.45) is 11.3 Å². The summed E-state index contributed by atoms with van der Waals surface area (Å²) in [7, 11) is 0. The molecular weight excluding hydrogens is 480 g/mol. The van der Waals surface area contributed by atoms with E-state index in [9.17, 15) is 14.4 Å². The molecule has 1 aliphatic carbocycles. The van der Waals surface area contributed by atoms with Crippen LogP contribution >= 0.6 is 0 Å². The van der Waals surface area contributed by atoms with E-state index in [-0.39, 0.29) is 23.6 Å². The number of likely N-dealkylation sites (tertiary alicyclic amines) is 1. The number of hydrogen-bond acceptors (Lipinski definition) is 5. The molecule has 2 N–H and O–H groups in total. The molecule has 2 aromatic rings. The number of piperidine rings is 1. The number of carbonyl (C=O) groups excluding carboxylic acids is 3. The molecule has 1 atom stereocenters. The SMILES string of the molecule is O=C1NCCCn2cc(nn2)CC2(CCN(C(=O)C3CCCCCC3)CC2)C(=O)N[C@H]1Cc1ccccc1. The molecule has 0 radical (unpaired) electrons. The van der Waals surface area contributed by atoms with Gasteiger partial charge in [-0.05, 0) is 37.7 Å². The second-order valence-corrected chi connectivity index (χ2v) is 11.3. The lowest BCUT2D eigenvalue weighted by molar-refractivity contribution is -0.144. The molecule has 0 unspecified atom stereocenters. The Morgan fingerprint density at radius 1 is 0.974 bits per heavy atom. The van der Waals surface area contributed by atoms with Crippen LogP contribution in [0.5, 0.6) is 0 Å². The highest BCUT2D eigenvalue weighted by Crippen LogP contribution is 2.37. The lowest BCUT2D eigenvalue weighted by Crippen LogP contribution is -2.56. The van der Waals surface area contributed by atoms with E-state index in [1.807, 2.05) is 41.4 Å². The fourth-order valence-corrected chi connectivity index (χ4v) is 6.25. The highest BCUT2D eigenvalue weighted by molar-refractivity contribution is 5.91. The van der Waals surface area contributed by atoms with E-state index in [1.54, 1.807) is 4.68 Å². The predicted octanol–water partition coefficient (Wildman–Crippen LogP) is 2.65. The maximum absolute atomic E-state index is 14.0. The summed E-state index contributed by atoms with van der Waals surface area (Å²) in [5, 5.41) is 14.7. The number of fused-ring (bicyclic) bond motifs is 2. The lowest BCUT2D eigenvalue weighted by atomic mass is 9.73. The molecule has 38 heavy (non-hydrogen) atoms. The first kappa shape index (κ1) is 26.4. The van der Waals surface area contributed by atoms with Gasteiger partial charge in [0.2, 0.25) is 17.7 Å². The molecule has 5 rings (SSSR count). The summed E-state index contributed by atoms with van der Waals surface area (Å²) < 4.78 is 1.79. The van der Waals surface area contributed by atoms with Crippen molar-refractivity contribution in [3.05, 3.63) is 47.8 Å². The van der Waals surface area contributed by atoms with Crippen LogP contribution in [0, 0.1) is 11.3 Å². The van der Waals surface area contributed by atoms with Gasteiger partial charge in [-0.3, -0.25) is 19.1 Å². The maximum Gasteiger partial charge on any atom is 0.242 e. The second-order valence-electron chi connectivity index (χ2n) is 11.3. The Morgan fingerprint density at radius 3 is 2.45 bits per heavy atom. The fraction of sp³-hybridized carbons (Fsp3) is 0.621. The smallest absolute Gasteiger partial charge is 0.242 e. The lowest BCUT2D eigenvalue weighted by Gasteiger charge is -2.42. The molecule has 3 amide bonds. The topological polar surface area (TPSA) is 109 Å². The van der Waals surface area contributed by atoms with Crippen LogP contribution in [0.15, 0.2) is 36.5 Å². The molecule has 2 bridgehead atoms. The third kappa shape index (κ3) is 6.25. The zero-order valence-corrected chi connectivity index (χ0v) is 22.2. The van der Waals surface area contributed by atoms with Crippen LogP contribution in [0.4, 0.5) is 0 Å². The van der Waals surface area contributed by atoms with Crippen molar-refractivity contribution in [2.45, 2.75) is 83.2 Å². The quantitative estimate of drug-likeness (QED) is 0.605. The average Bonchev–Trinajstić information content (AvgIpc) is 3.19. The average molecular weight is 521 g/mol. The van der Waals surface area contributed by atoms with E-state index < -0.39 is 11.5 Å². The van der Waals surface area contributed by atoms with Crippen molar-refractivity contribution in [2.75, 3.05) is 19.6 Å². The van der Waals surface area contributed by atoms with Gasteiger partial charge in [0, 0.05) is 51.1 Å². The van der Waals surface area contributed by atoms with Crippen LogP contribution in [-0.2, 0) is 33.8 Å². The number of amides is 3. The molecule has 1 spiro atoms. The number of aryl methyl sites for hydroxylation is 1. The van der Waals surface area contributed by atoms with Crippen molar-refractivity contribution in [3.8, 4) is 0 Å². The van der Waals surface area contributed by atoms with E-state index >= 15 is 0 Å². The molecule has 9 heteroatoms. The highest BCUT2D eigenvalue weighted by atomic mass is 16.2. The number of aromatic nitrogens is 3. The maximum atomic E-state index is 14.0. The summed E-state index contributed by atoms with van der Waals surface area (Å²) in [5.74, 6) is 0.0540. The largest absolute Gasteiger partial charge is 0.354 e. The van der Waals surface area contributed by atoms with Crippen molar-refractivity contribution in [1.82, 2.24) is 30.5 Å². The highest BCUT2D eigenvalue weighted by Gasteiger charge is 2.44. The zero-order valence-electron chi connectivity index (χ0n) is 22.2. The molecular formula is C29H40N6O3. The summed E-state index contributed by atoms with van der Waals surface area (Å²) >= 11 is 0. The Hall–Kier alpha value is -3.23. The van der Waals surface area contributed by atoms with Crippen LogP contribution in [0.2, 0.25) is 0 Å². The molecule has 3 aliphatic rings. The van der Waals surface area contributed by atoms with Gasteiger partial charge in [0.1, 0.15) is 6.04 Å². The monoisotopic (exact) mass is 520 g/mol. The minimum Gasteiger partial charge on any atom is -0.354 e. The van der Waals surface area contributed by atoms with Gasteiger partial charge in [0.05, 0.1) is 11.1 Å². The van der Waals surface area contributed by atoms with Crippen LogP contribution in [-0.4, -0.2) is 63.3 Å². The van der Waals surface area contributed by atoms with E-state index in [2.05, 4.69) is 20.9 Å². The summed E-state index contributed by atoms with van der Waals surface area (Å²) in [4.78, 5) is 42.5. The van der Waals surface area contributed by atoms with Crippen LogP contribution in [0.3, 0.4) is 0 Å². The number of carbonyl (C=O) groups is 3. The third-order valence-corrected chi connectivity index (χ3v) is 8.59. The number of nitrogens with zero attached hydrogens (tertiary/aromatic N) is 4. The van der Waals surface area contributed by atoms with Gasteiger partial charge in [-0.15, -0.1) is 5.10 Å². The van der Waals surface area contributed by atoms with Gasteiger partial charge in [-0.2, -0.15) is 0 Å². The van der Waals surface area contributed by atoms with E-state index in [0.717, 1.165) is 43.4 Å². The van der Waals surface area contributed by atoms with Crippen molar-refractivity contribution in [3.63, 3.8) is 0 Å². The predicted molar refractivity (Wildman–Crippen MR) is 143 cm³/mol. The van der Waals surface area contributed by atoms with Gasteiger partial charge in [0.15, 0.2) is 0 Å².